The molecule has 1 aromatic carbocycles. The van der Waals surface area contributed by atoms with Crippen molar-refractivity contribution in [3.8, 4) is 11.4 Å². The number of halogens is 2. The molecule has 0 unspecified atom stereocenters. The van der Waals surface area contributed by atoms with Gasteiger partial charge in [-0.25, -0.2) is 27.8 Å². The van der Waals surface area contributed by atoms with Gasteiger partial charge in [0.25, 0.3) is 0 Å². The maximum Gasteiger partial charge on any atom is 0.227 e. The molecule has 0 spiro atoms. The molecule has 10 heteroatoms. The third kappa shape index (κ3) is 3.54. The van der Waals surface area contributed by atoms with Crippen LogP contribution in [0.4, 0.5) is 16.0 Å². The summed E-state index contributed by atoms with van der Waals surface area (Å²) in [7, 11) is -1.66. The van der Waals surface area contributed by atoms with Crippen LogP contribution in [-0.4, -0.2) is 34.2 Å². The number of imidazole rings is 1. The van der Waals surface area contributed by atoms with E-state index >= 15 is 0 Å². The maximum absolute atomic E-state index is 14.1. The predicted octanol–water partition coefficient (Wildman–Crippen LogP) is 3.13. The molecule has 2 heterocycles. The SMILES string of the molecule is Cc1ncc(-c2nc(Nc3ccc(S(C)(=O)=O)c(Cl)c3)ncc2F)n1C. The van der Waals surface area contributed by atoms with Crippen molar-refractivity contribution in [2.24, 2.45) is 7.05 Å². The van der Waals surface area contributed by atoms with Crippen molar-refractivity contribution in [2.45, 2.75) is 11.8 Å². The molecule has 0 aliphatic heterocycles. The molecule has 0 bridgehead atoms. The van der Waals surface area contributed by atoms with Crippen LogP contribution in [0.3, 0.4) is 0 Å². The van der Waals surface area contributed by atoms with Gasteiger partial charge in [-0.1, -0.05) is 11.6 Å². The molecule has 0 fully saturated rings. The topological polar surface area (TPSA) is 89.8 Å². The normalized spacial score (nSPS) is 11.6. The second kappa shape index (κ2) is 6.65. The summed E-state index contributed by atoms with van der Waals surface area (Å²) in [4.78, 5) is 12.3. The number of sulfone groups is 1. The zero-order valence-corrected chi connectivity index (χ0v) is 15.7. The van der Waals surface area contributed by atoms with Crippen molar-refractivity contribution in [1.29, 1.82) is 0 Å². The molecule has 1 N–H and O–H groups in total. The first-order valence-electron chi connectivity index (χ1n) is 7.44. The standard InChI is InChI=1S/C16H15ClFN5O2S/c1-9-19-8-13(23(9)2)15-12(18)7-20-16(22-15)21-10-4-5-14(11(17)6-10)26(3,24)25/h4-8H,1-3H3,(H,20,21,22). The first-order chi connectivity index (χ1) is 12.2. The van der Waals surface area contributed by atoms with E-state index in [0.29, 0.717) is 11.4 Å². The van der Waals surface area contributed by atoms with Gasteiger partial charge in [0.15, 0.2) is 15.7 Å². The third-order valence-electron chi connectivity index (χ3n) is 3.79. The maximum atomic E-state index is 14.1. The lowest BCUT2D eigenvalue weighted by atomic mass is 10.3. The molecule has 7 nitrogen and oxygen atoms in total. The highest BCUT2D eigenvalue weighted by Crippen LogP contribution is 2.27. The van der Waals surface area contributed by atoms with Crippen LogP contribution in [-0.2, 0) is 16.9 Å². The Hall–Kier alpha value is -2.52. The number of aromatic nitrogens is 4. The van der Waals surface area contributed by atoms with Gasteiger partial charge in [-0.3, -0.25) is 0 Å². The van der Waals surface area contributed by atoms with Crippen LogP contribution in [0.2, 0.25) is 5.02 Å². The van der Waals surface area contributed by atoms with E-state index in [1.165, 1.54) is 24.4 Å². The van der Waals surface area contributed by atoms with Gasteiger partial charge in [0, 0.05) is 19.0 Å². The predicted molar refractivity (Wildman–Crippen MR) is 96.8 cm³/mol. The number of aryl methyl sites for hydroxylation is 1. The van der Waals surface area contributed by atoms with E-state index in [-0.39, 0.29) is 21.6 Å². The van der Waals surface area contributed by atoms with Crippen molar-refractivity contribution < 1.29 is 12.8 Å². The van der Waals surface area contributed by atoms with Crippen molar-refractivity contribution in [3.05, 3.63) is 47.3 Å². The highest BCUT2D eigenvalue weighted by atomic mass is 35.5. The van der Waals surface area contributed by atoms with Crippen LogP contribution in [0.5, 0.6) is 0 Å². The summed E-state index contributed by atoms with van der Waals surface area (Å²) in [5.74, 6) is 0.281. The number of nitrogens with zero attached hydrogens (tertiary/aromatic N) is 4. The molecule has 0 saturated carbocycles. The summed E-state index contributed by atoms with van der Waals surface area (Å²) in [6.45, 7) is 1.80. The fraction of sp³-hybridized carbons (Fsp3) is 0.188. The summed E-state index contributed by atoms with van der Waals surface area (Å²) >= 11 is 6.02. The van der Waals surface area contributed by atoms with E-state index in [2.05, 4.69) is 20.3 Å². The van der Waals surface area contributed by atoms with Gasteiger partial charge in [-0.15, -0.1) is 0 Å². The molecule has 0 radical (unpaired) electrons. The molecule has 26 heavy (non-hydrogen) atoms. The van der Waals surface area contributed by atoms with Crippen LogP contribution >= 0.6 is 11.6 Å². The average Bonchev–Trinajstić information content (AvgIpc) is 2.88. The van der Waals surface area contributed by atoms with Gasteiger partial charge >= 0.3 is 0 Å². The summed E-state index contributed by atoms with van der Waals surface area (Å²) < 4.78 is 39.1. The molecule has 3 rings (SSSR count). The highest BCUT2D eigenvalue weighted by molar-refractivity contribution is 7.90. The van der Waals surface area contributed by atoms with Gasteiger partial charge < -0.3 is 9.88 Å². The van der Waals surface area contributed by atoms with Crippen molar-refractivity contribution in [3.63, 3.8) is 0 Å². The van der Waals surface area contributed by atoms with Crippen LogP contribution in [0.15, 0.2) is 35.5 Å². The molecule has 2 aromatic heterocycles. The molecule has 136 valence electrons. The zero-order chi connectivity index (χ0) is 19.1. The van der Waals surface area contributed by atoms with Crippen LogP contribution in [0.25, 0.3) is 11.4 Å². The lowest BCUT2D eigenvalue weighted by molar-refractivity contribution is 0.602. The lowest BCUT2D eigenvalue weighted by Gasteiger charge is -2.10. The molecule has 0 atom stereocenters. The molecule has 0 saturated heterocycles. The Labute approximate surface area is 154 Å². The fourth-order valence-corrected chi connectivity index (χ4v) is 3.67. The molecular formula is C16H15ClFN5O2S. The summed E-state index contributed by atoms with van der Waals surface area (Å²) in [6, 6.07) is 4.36. The van der Waals surface area contributed by atoms with Gasteiger partial charge in [-0.05, 0) is 25.1 Å². The molecule has 0 aliphatic carbocycles. The van der Waals surface area contributed by atoms with Gasteiger partial charge in [0.2, 0.25) is 5.95 Å². The number of benzene rings is 1. The number of hydrogen-bond acceptors (Lipinski definition) is 6. The molecular weight excluding hydrogens is 381 g/mol. The average molecular weight is 396 g/mol. The zero-order valence-electron chi connectivity index (χ0n) is 14.2. The second-order valence-corrected chi connectivity index (χ2v) is 8.07. The summed E-state index contributed by atoms with van der Waals surface area (Å²) in [5, 5.41) is 2.96. The minimum atomic E-state index is -3.42. The Morgan fingerprint density at radius 3 is 2.54 bits per heavy atom. The largest absolute Gasteiger partial charge is 0.330 e. The van der Waals surface area contributed by atoms with Crippen LogP contribution in [0.1, 0.15) is 5.82 Å². The summed E-state index contributed by atoms with van der Waals surface area (Å²) in [5.41, 5.74) is 1.08. The number of nitrogens with one attached hydrogen (secondary N) is 1. The quantitative estimate of drug-likeness (QED) is 0.730. The number of hydrogen-bond donors (Lipinski definition) is 1. The Bertz CT molecular complexity index is 1100. The Balaban J connectivity index is 1.96. The smallest absolute Gasteiger partial charge is 0.227 e. The first kappa shape index (κ1) is 18.3. The van der Waals surface area contributed by atoms with Crippen LogP contribution < -0.4 is 5.32 Å². The van der Waals surface area contributed by atoms with E-state index in [9.17, 15) is 12.8 Å². The number of rotatable bonds is 4. The lowest BCUT2D eigenvalue weighted by Crippen LogP contribution is -2.04. The van der Waals surface area contributed by atoms with Gasteiger partial charge in [-0.2, -0.15) is 0 Å². The third-order valence-corrected chi connectivity index (χ3v) is 5.37. The minimum Gasteiger partial charge on any atom is -0.330 e. The van der Waals surface area contributed by atoms with E-state index in [0.717, 1.165) is 18.3 Å². The number of anilines is 2. The monoisotopic (exact) mass is 395 g/mol. The van der Waals surface area contributed by atoms with Crippen molar-refractivity contribution >= 4 is 33.1 Å². The highest BCUT2D eigenvalue weighted by Gasteiger charge is 2.16. The van der Waals surface area contributed by atoms with Gasteiger partial charge in [0.1, 0.15) is 11.5 Å². The fourth-order valence-electron chi connectivity index (χ4n) is 2.34. The Morgan fingerprint density at radius 2 is 1.96 bits per heavy atom. The first-order valence-corrected chi connectivity index (χ1v) is 9.71. The second-order valence-electron chi connectivity index (χ2n) is 5.68. The van der Waals surface area contributed by atoms with E-state index in [1.807, 2.05) is 0 Å². The minimum absolute atomic E-state index is 0.0239. The van der Waals surface area contributed by atoms with Crippen LogP contribution in [0, 0.1) is 12.7 Å². The molecule has 0 aliphatic rings. The van der Waals surface area contributed by atoms with E-state index < -0.39 is 15.7 Å². The summed E-state index contributed by atoms with van der Waals surface area (Å²) in [6.07, 6.45) is 3.66. The molecule has 0 amide bonds. The Kier molecular flexibility index (Phi) is 4.68. The van der Waals surface area contributed by atoms with Crippen molar-refractivity contribution in [1.82, 2.24) is 19.5 Å². The van der Waals surface area contributed by atoms with E-state index in [4.69, 9.17) is 11.6 Å². The Morgan fingerprint density at radius 1 is 1.23 bits per heavy atom. The molecule has 3 aromatic rings. The van der Waals surface area contributed by atoms with Gasteiger partial charge in [0.05, 0.1) is 28.0 Å². The van der Waals surface area contributed by atoms with Crippen molar-refractivity contribution in [2.75, 3.05) is 11.6 Å². The van der Waals surface area contributed by atoms with E-state index in [1.54, 1.807) is 18.5 Å².